The minimum Gasteiger partial charge on any atom is -0.311 e. The zero-order valence-corrected chi connectivity index (χ0v) is 79.8. The third-order valence-corrected chi connectivity index (χ3v) is 29.8. The summed E-state index contributed by atoms with van der Waals surface area (Å²) >= 11 is 0. The molecule has 0 amide bonds. The van der Waals surface area contributed by atoms with Gasteiger partial charge < -0.3 is 28.4 Å². The highest BCUT2D eigenvalue weighted by Gasteiger charge is 2.29. The average molecular weight is 1930 g/mol. The molecule has 0 saturated carbocycles. The summed E-state index contributed by atoms with van der Waals surface area (Å²) in [7, 11) is 0. The van der Waals surface area contributed by atoms with Crippen molar-refractivity contribution < 1.29 is 28.8 Å². The maximum absolute atomic E-state index is 15.2. The first-order valence-electron chi connectivity index (χ1n) is 52.2. The second-order valence-electron chi connectivity index (χ2n) is 37.9. The van der Waals surface area contributed by atoms with Crippen molar-refractivity contribution in [1.29, 1.82) is 0 Å². The molecule has 30 rings (SSSR count). The number of aromatic nitrogens is 3. The van der Waals surface area contributed by atoms with Gasteiger partial charge in [-0.15, -0.1) is 0 Å². The van der Waals surface area contributed by atoms with Crippen LogP contribution in [-0.4, -0.2) is 13.7 Å². The van der Waals surface area contributed by atoms with Gasteiger partial charge in [0.1, 0.15) is 11.6 Å². The number of nitrogens with zero attached hydrogens (tertiary/aromatic N) is 6. The van der Waals surface area contributed by atoms with Crippen LogP contribution in [0.3, 0.4) is 0 Å². The summed E-state index contributed by atoms with van der Waals surface area (Å²) in [4.78, 5) is 4.98. The first-order valence-corrected chi connectivity index (χ1v) is 49.7. The zero-order valence-electron chi connectivity index (χ0n) is 84.8. The van der Waals surface area contributed by atoms with Crippen LogP contribution in [0, 0.1) is 29.1 Å². The third kappa shape index (κ3) is 14.3. The van der Waals surface area contributed by atoms with Crippen molar-refractivity contribution in [1.82, 2.24) is 13.7 Å². The number of fused-ring (bicyclic) bond motifs is 12. The monoisotopic (exact) mass is 1930 g/mol. The van der Waals surface area contributed by atoms with Gasteiger partial charge in [-0.3, -0.25) is 0 Å². The van der Waals surface area contributed by atoms with Crippen molar-refractivity contribution in [3.05, 3.63) is 545 Å². The molecule has 0 fully saturated rings. The Bertz CT molecular complexity index is 10700. The minimum absolute atomic E-state index is 0.0736. The van der Waals surface area contributed by atoms with E-state index in [0.717, 1.165) is 67.3 Å². The summed E-state index contributed by atoms with van der Waals surface area (Å²) in [6.45, 7) is 0. The summed E-state index contributed by atoms with van der Waals surface area (Å²) in [5.41, 5.74) is 20.7. The second-order valence-corrected chi connectivity index (χ2v) is 37.9. The molecule has 3 aromatic heterocycles. The van der Waals surface area contributed by atoms with Crippen LogP contribution < -0.4 is 14.7 Å². The van der Waals surface area contributed by atoms with Gasteiger partial charge in [0.2, 0.25) is 0 Å². The van der Waals surface area contributed by atoms with E-state index in [0.29, 0.717) is 28.4 Å². The lowest BCUT2D eigenvalue weighted by Gasteiger charge is -2.26. The second kappa shape index (κ2) is 35.5. The average Bonchev–Trinajstić information content (AvgIpc) is 1.51. The topological polar surface area (TPSA) is 24.5 Å². The molecule has 0 atom stereocenters. The van der Waals surface area contributed by atoms with E-state index >= 15 is 13.2 Å². The van der Waals surface area contributed by atoms with Gasteiger partial charge in [-0.05, 0) is 312 Å². The van der Waals surface area contributed by atoms with E-state index in [1.807, 2.05) is 127 Å². The fourth-order valence-electron chi connectivity index (χ4n) is 23.4. The first kappa shape index (κ1) is 82.0. The molecule has 0 saturated heterocycles. The summed E-state index contributed by atoms with van der Waals surface area (Å²) in [5.74, 6) is -4.81. The summed E-state index contributed by atoms with van der Waals surface area (Å²) < 4.78 is 123. The molecule has 30 aromatic rings. The van der Waals surface area contributed by atoms with Crippen LogP contribution in [0.25, 0.3) is 213 Å². The number of hydrogen-bond donors (Lipinski definition) is 0. The van der Waals surface area contributed by atoms with Crippen LogP contribution in [0.5, 0.6) is 0 Å². The molecule has 0 aliphatic carbocycles. The van der Waals surface area contributed by atoms with E-state index in [-0.39, 0.29) is 46.9 Å². The lowest BCUT2D eigenvalue weighted by Crippen LogP contribution is -2.13. The minimum atomic E-state index is -1.50. The van der Waals surface area contributed by atoms with Gasteiger partial charge in [-0.2, -0.15) is 0 Å². The number of halogens is 5. The Morgan fingerprint density at radius 2 is 0.463 bits per heavy atom. The largest absolute Gasteiger partial charge is 0.311 e. The highest BCUT2D eigenvalue weighted by atomic mass is 19.2. The molecule has 0 spiro atoms. The van der Waals surface area contributed by atoms with Gasteiger partial charge in [0, 0.05) is 83.5 Å². The fraction of sp³-hybridized carbons (Fsp3) is 0. The number of para-hydroxylation sites is 11. The van der Waals surface area contributed by atoms with Gasteiger partial charge in [0.05, 0.1) is 57.0 Å². The quantitative estimate of drug-likeness (QED) is 0.0581. The smallest absolute Gasteiger partial charge is 0.196 e. The van der Waals surface area contributed by atoms with Crippen LogP contribution in [0.1, 0.15) is 6.85 Å². The Balaban J connectivity index is 0.000000110. The lowest BCUT2D eigenvalue weighted by atomic mass is 9.88. The highest BCUT2D eigenvalue weighted by molar-refractivity contribution is 6.38. The van der Waals surface area contributed by atoms with Crippen molar-refractivity contribution in [3.8, 4) is 50.4 Å². The molecule has 3 heterocycles. The van der Waals surface area contributed by atoms with Crippen molar-refractivity contribution in [2.75, 3.05) is 14.7 Å². The highest BCUT2D eigenvalue weighted by Crippen LogP contribution is 2.53. The Labute approximate surface area is 860 Å². The third-order valence-electron chi connectivity index (χ3n) is 29.8. The molecule has 0 radical (unpaired) electrons. The molecule has 0 aliphatic heterocycles. The Morgan fingerprint density at radius 3 is 0.832 bits per heavy atom. The molecular weight excluding hydrogens is 1840 g/mol. The lowest BCUT2D eigenvalue weighted by molar-refractivity contribution is 0.448. The van der Waals surface area contributed by atoms with E-state index in [1.54, 1.807) is 51.1 Å². The van der Waals surface area contributed by atoms with Gasteiger partial charge in [-0.1, -0.05) is 334 Å². The molecule has 149 heavy (non-hydrogen) atoms. The summed E-state index contributed by atoms with van der Waals surface area (Å²) in [6, 6.07) is 160. The maximum atomic E-state index is 15.2. The Hall–Kier alpha value is -19.5. The van der Waals surface area contributed by atoms with Gasteiger partial charge in [0.25, 0.3) is 0 Å². The van der Waals surface area contributed by atoms with Crippen LogP contribution in [0.4, 0.5) is 73.1 Å². The standard InChI is InChI=1S/C46H27F3N2.C46H28F2N2.C46H30N2/c47-38-25-26-40(46(49)45(38)48)50(31-9-3-1-4-10-31)33-20-15-28(16-21-33)34-22-17-29-18-24-37-43-30(19-23-35(34)42(29)43)27-41-44(37)36-13-7-8-14-39(36)51(41)32-11-5-2-6-12-32;47-38-13-5-8-16-41(38)50(42-17-9-6-14-39(42)48)33-23-18-29(19-24-33)34-25-20-30-21-27-37-45-31(22-26-35(34)44(30)45)28-43-46(37)36-12-4-7-15-40(36)49(43)32-10-2-1-3-11-32;1-4-12-34(13-5-1)47(35-14-6-2-7-15-35)37-25-20-31(21-26-37)38-27-22-32-23-29-41-45-33(24-28-39(38)44(32)45)30-43-46(41)40-18-10-11-19-42(40)48(43)36-16-8-3-9-17-36/h1-27H;1-28H;1-30H/i;;1D,4D,5D,12D,13D. The van der Waals surface area contributed by atoms with E-state index in [4.69, 9.17) is 6.85 Å². The Morgan fingerprint density at radius 1 is 0.174 bits per heavy atom. The Kier molecular flexibility index (Phi) is 19.6. The van der Waals surface area contributed by atoms with E-state index in [9.17, 15) is 8.78 Å². The fourth-order valence-corrected chi connectivity index (χ4v) is 23.4. The van der Waals surface area contributed by atoms with E-state index in [2.05, 4.69) is 311 Å². The molecule has 0 unspecified atom stereocenters. The number of anilines is 9. The molecule has 6 nitrogen and oxygen atoms in total. The summed E-state index contributed by atoms with van der Waals surface area (Å²) in [6.07, 6.45) is 0. The van der Waals surface area contributed by atoms with Gasteiger partial charge >= 0.3 is 0 Å². The first-order chi connectivity index (χ1) is 75.6. The molecule has 0 bridgehead atoms. The van der Waals surface area contributed by atoms with E-state index < -0.39 is 35.1 Å². The van der Waals surface area contributed by atoms with Crippen LogP contribution in [0.2, 0.25) is 0 Å². The van der Waals surface area contributed by atoms with Crippen molar-refractivity contribution in [2.24, 2.45) is 0 Å². The predicted molar refractivity (Wildman–Crippen MR) is 614 cm³/mol. The van der Waals surface area contributed by atoms with E-state index in [1.165, 1.54) is 170 Å². The van der Waals surface area contributed by atoms with Crippen LogP contribution >= 0.6 is 0 Å². The summed E-state index contributed by atoms with van der Waals surface area (Å²) in [5, 5.41) is 29.0. The van der Waals surface area contributed by atoms with Crippen LogP contribution in [-0.2, 0) is 0 Å². The normalized spacial score (nSPS) is 12.3. The number of hydrogen-bond acceptors (Lipinski definition) is 3. The predicted octanol–water partition coefficient (Wildman–Crippen LogP) is 39.1. The van der Waals surface area contributed by atoms with Crippen molar-refractivity contribution in [2.45, 2.75) is 0 Å². The molecule has 0 N–H and O–H groups in total. The maximum Gasteiger partial charge on any atom is 0.196 e. The zero-order chi connectivity index (χ0) is 104. The molecule has 0 aliphatic rings. The van der Waals surface area contributed by atoms with Gasteiger partial charge in [0.15, 0.2) is 17.5 Å². The SMILES string of the molecule is Fc1ccc(N(c2ccccc2)c2ccc(-c3ccc4ccc5c6c(ccc3c46)cc3c5c4ccccc4n3-c3ccccc3)cc2)c(F)c1F.Fc1ccccc1N(c1ccc(-c2ccc3ccc4c5c(ccc2c35)cc2c4c3ccccc3n2-c2ccccc2)cc1)c1ccccc1F.[2H]c1c([2H])c([2H])c(N(c2ccccc2)c2ccc(-c3ccc4ccc5c6c(ccc3c46)cc3c5c4ccccc4n3-c3ccccc3)cc2)c([2H])c1[2H]. The molecule has 27 aromatic carbocycles. The number of rotatable bonds is 15. The van der Waals surface area contributed by atoms with Crippen molar-refractivity contribution in [3.63, 3.8) is 0 Å². The number of benzene rings is 27. The van der Waals surface area contributed by atoms with Crippen molar-refractivity contribution >= 4 is 214 Å². The van der Waals surface area contributed by atoms with Gasteiger partial charge in [-0.25, -0.2) is 22.0 Å². The molecule has 702 valence electrons. The van der Waals surface area contributed by atoms with Crippen LogP contribution in [0.15, 0.2) is 516 Å². The molecular formula is C138H85F5N6. The molecule has 11 heteroatoms.